The molecule has 0 amide bonds. The van der Waals surface area contributed by atoms with Crippen molar-refractivity contribution in [1.29, 1.82) is 0 Å². The fraction of sp³-hybridized carbons (Fsp3) is 0.571. The van der Waals surface area contributed by atoms with Crippen molar-refractivity contribution in [3.8, 4) is 0 Å². The van der Waals surface area contributed by atoms with Gasteiger partial charge in [0.15, 0.2) is 0 Å². The first kappa shape index (κ1) is 14.8. The second-order valence-corrected chi connectivity index (χ2v) is 7.46. The van der Waals surface area contributed by atoms with Crippen molar-refractivity contribution in [2.75, 3.05) is 45.1 Å². The summed E-state index contributed by atoms with van der Waals surface area (Å²) in [5.41, 5.74) is 6.19. The Morgan fingerprint density at radius 1 is 1.10 bits per heavy atom. The zero-order chi connectivity index (χ0) is 14.9. The van der Waals surface area contributed by atoms with E-state index in [1.54, 1.807) is 28.6 Å². The van der Waals surface area contributed by atoms with E-state index in [4.69, 9.17) is 10.5 Å². The maximum atomic E-state index is 12.6. The molecule has 0 spiro atoms. The molecule has 2 saturated heterocycles. The van der Waals surface area contributed by atoms with E-state index in [0.717, 1.165) is 32.7 Å². The minimum Gasteiger partial charge on any atom is -0.399 e. The van der Waals surface area contributed by atoms with E-state index in [1.807, 2.05) is 0 Å². The number of ether oxygens (including phenoxy) is 1. The van der Waals surface area contributed by atoms with Gasteiger partial charge in [-0.15, -0.1) is 0 Å². The molecule has 1 atom stereocenters. The fourth-order valence-electron chi connectivity index (χ4n) is 2.96. The number of nitrogen functional groups attached to an aromatic ring is 1. The Labute approximate surface area is 125 Å². The van der Waals surface area contributed by atoms with Gasteiger partial charge in [-0.3, -0.25) is 4.90 Å². The van der Waals surface area contributed by atoms with Crippen LogP contribution >= 0.6 is 0 Å². The summed E-state index contributed by atoms with van der Waals surface area (Å²) in [7, 11) is -3.41. The first-order valence-electron chi connectivity index (χ1n) is 7.25. The molecule has 1 unspecified atom stereocenters. The summed E-state index contributed by atoms with van der Waals surface area (Å²) >= 11 is 0. The smallest absolute Gasteiger partial charge is 0.243 e. The molecule has 7 heteroatoms. The molecule has 116 valence electrons. The lowest BCUT2D eigenvalue weighted by atomic mass is 10.2. The van der Waals surface area contributed by atoms with Crippen molar-refractivity contribution in [3.63, 3.8) is 0 Å². The molecule has 0 aromatic heterocycles. The number of hydrogen-bond donors (Lipinski definition) is 1. The molecule has 2 aliphatic rings. The van der Waals surface area contributed by atoms with Gasteiger partial charge in [-0.05, 0) is 30.7 Å². The van der Waals surface area contributed by atoms with Gasteiger partial charge in [0.05, 0.1) is 18.1 Å². The molecule has 3 rings (SSSR count). The monoisotopic (exact) mass is 311 g/mol. The average molecular weight is 311 g/mol. The van der Waals surface area contributed by atoms with Crippen LogP contribution in [-0.4, -0.2) is 63.1 Å². The van der Waals surface area contributed by atoms with Crippen LogP contribution in [-0.2, 0) is 14.8 Å². The number of morpholine rings is 1. The Morgan fingerprint density at radius 2 is 1.76 bits per heavy atom. The molecule has 2 heterocycles. The van der Waals surface area contributed by atoms with E-state index in [1.165, 1.54) is 0 Å². The summed E-state index contributed by atoms with van der Waals surface area (Å²) in [5, 5.41) is 0. The molecule has 2 fully saturated rings. The van der Waals surface area contributed by atoms with E-state index in [-0.39, 0.29) is 0 Å². The van der Waals surface area contributed by atoms with Crippen LogP contribution in [0, 0.1) is 0 Å². The molecule has 0 aliphatic carbocycles. The average Bonchev–Trinajstić information content (AvgIpc) is 2.99. The third-order valence-electron chi connectivity index (χ3n) is 4.21. The van der Waals surface area contributed by atoms with Crippen molar-refractivity contribution in [2.45, 2.75) is 17.4 Å². The van der Waals surface area contributed by atoms with E-state index in [2.05, 4.69) is 4.90 Å². The minimum atomic E-state index is -3.41. The minimum absolute atomic E-state index is 0.303. The van der Waals surface area contributed by atoms with Crippen LogP contribution in [0.2, 0.25) is 0 Å². The van der Waals surface area contributed by atoms with Gasteiger partial charge in [-0.1, -0.05) is 0 Å². The maximum Gasteiger partial charge on any atom is 0.243 e. The van der Waals surface area contributed by atoms with E-state index in [9.17, 15) is 8.42 Å². The predicted molar refractivity (Wildman–Crippen MR) is 80.4 cm³/mol. The molecule has 2 N–H and O–H groups in total. The normalized spacial score (nSPS) is 25.2. The molecule has 0 bridgehead atoms. The topological polar surface area (TPSA) is 75.9 Å². The number of anilines is 1. The summed E-state index contributed by atoms with van der Waals surface area (Å²) in [5.74, 6) is 0. The highest BCUT2D eigenvalue weighted by molar-refractivity contribution is 7.89. The van der Waals surface area contributed by atoms with Crippen LogP contribution in [0.4, 0.5) is 5.69 Å². The number of nitrogens with two attached hydrogens (primary N) is 1. The van der Waals surface area contributed by atoms with Crippen molar-refractivity contribution in [1.82, 2.24) is 9.21 Å². The van der Waals surface area contributed by atoms with Crippen LogP contribution in [0.3, 0.4) is 0 Å². The summed E-state index contributed by atoms with van der Waals surface area (Å²) in [6, 6.07) is 6.71. The summed E-state index contributed by atoms with van der Waals surface area (Å²) in [6.07, 6.45) is 0.883. The Morgan fingerprint density at radius 3 is 2.43 bits per heavy atom. The van der Waals surface area contributed by atoms with E-state index < -0.39 is 10.0 Å². The SMILES string of the molecule is Nc1ccc(S(=O)(=O)N2CCC(N3CCOCC3)C2)cc1. The first-order valence-corrected chi connectivity index (χ1v) is 8.69. The van der Waals surface area contributed by atoms with Crippen molar-refractivity contribution in [3.05, 3.63) is 24.3 Å². The largest absolute Gasteiger partial charge is 0.399 e. The number of nitrogens with zero attached hydrogens (tertiary/aromatic N) is 2. The summed E-state index contributed by atoms with van der Waals surface area (Å²) in [6.45, 7) is 4.39. The molecule has 0 radical (unpaired) electrons. The molecular weight excluding hydrogens is 290 g/mol. The third kappa shape index (κ3) is 3.06. The molecule has 21 heavy (non-hydrogen) atoms. The number of benzene rings is 1. The van der Waals surface area contributed by atoms with Crippen LogP contribution in [0.5, 0.6) is 0 Å². The van der Waals surface area contributed by atoms with Gasteiger partial charge in [0.25, 0.3) is 0 Å². The molecule has 2 aliphatic heterocycles. The van der Waals surface area contributed by atoms with Crippen molar-refractivity contribution in [2.24, 2.45) is 0 Å². The Bertz CT molecular complexity index is 582. The van der Waals surface area contributed by atoms with Crippen LogP contribution in [0.25, 0.3) is 0 Å². The standard InChI is InChI=1S/C14H21N3O3S/c15-12-1-3-14(4-2-12)21(18,19)17-6-5-13(11-17)16-7-9-20-10-8-16/h1-4,13H,5-11,15H2. The fourth-order valence-corrected chi connectivity index (χ4v) is 4.45. The first-order chi connectivity index (χ1) is 10.1. The third-order valence-corrected chi connectivity index (χ3v) is 6.09. The van der Waals surface area contributed by atoms with Gasteiger partial charge < -0.3 is 10.5 Å². The van der Waals surface area contributed by atoms with Gasteiger partial charge in [0.1, 0.15) is 0 Å². The maximum absolute atomic E-state index is 12.6. The lowest BCUT2D eigenvalue weighted by Gasteiger charge is -2.32. The second-order valence-electron chi connectivity index (χ2n) is 5.52. The molecule has 1 aromatic rings. The zero-order valence-electron chi connectivity index (χ0n) is 11.9. The molecule has 6 nitrogen and oxygen atoms in total. The lowest BCUT2D eigenvalue weighted by molar-refractivity contribution is 0.0197. The number of rotatable bonds is 3. The van der Waals surface area contributed by atoms with Gasteiger partial charge in [0.2, 0.25) is 10.0 Å². The molecule has 1 aromatic carbocycles. The summed E-state index contributed by atoms with van der Waals surface area (Å²) in [4.78, 5) is 2.65. The van der Waals surface area contributed by atoms with E-state index in [0.29, 0.717) is 29.7 Å². The Hall–Kier alpha value is -1.15. The van der Waals surface area contributed by atoms with E-state index >= 15 is 0 Å². The highest BCUT2D eigenvalue weighted by Crippen LogP contribution is 2.24. The van der Waals surface area contributed by atoms with Crippen LogP contribution in [0.1, 0.15) is 6.42 Å². The molecule has 0 saturated carbocycles. The highest BCUT2D eigenvalue weighted by atomic mass is 32.2. The molecular formula is C14H21N3O3S. The van der Waals surface area contributed by atoms with Gasteiger partial charge >= 0.3 is 0 Å². The summed E-state index contributed by atoms with van der Waals surface area (Å²) < 4.78 is 32.2. The Balaban J connectivity index is 1.71. The second kappa shape index (κ2) is 5.92. The van der Waals surface area contributed by atoms with Crippen LogP contribution in [0.15, 0.2) is 29.2 Å². The van der Waals surface area contributed by atoms with Crippen molar-refractivity contribution < 1.29 is 13.2 Å². The number of sulfonamides is 1. The van der Waals surface area contributed by atoms with Gasteiger partial charge in [-0.25, -0.2) is 8.42 Å². The lowest BCUT2D eigenvalue weighted by Crippen LogP contribution is -2.45. The number of hydrogen-bond acceptors (Lipinski definition) is 5. The zero-order valence-corrected chi connectivity index (χ0v) is 12.8. The van der Waals surface area contributed by atoms with Crippen LogP contribution < -0.4 is 5.73 Å². The van der Waals surface area contributed by atoms with Crippen molar-refractivity contribution >= 4 is 15.7 Å². The highest BCUT2D eigenvalue weighted by Gasteiger charge is 2.35. The van der Waals surface area contributed by atoms with Gasteiger partial charge in [-0.2, -0.15) is 4.31 Å². The quantitative estimate of drug-likeness (QED) is 0.816. The Kier molecular flexibility index (Phi) is 4.17. The van der Waals surface area contributed by atoms with Gasteiger partial charge in [0, 0.05) is 37.9 Å². The predicted octanol–water partition coefficient (Wildman–Crippen LogP) is 0.364.